The third-order valence-electron chi connectivity index (χ3n) is 3.98. The molecule has 27 heavy (non-hydrogen) atoms. The fourth-order valence-electron chi connectivity index (χ4n) is 2.56. The van der Waals surface area contributed by atoms with Crippen LogP contribution in [0.3, 0.4) is 0 Å². The number of carbonyl (C=O) groups excluding carboxylic acids is 1. The number of rotatable bonds is 11. The first-order valence-electron chi connectivity index (χ1n) is 8.74. The van der Waals surface area contributed by atoms with Gasteiger partial charge in [0, 0.05) is 19.8 Å². The third-order valence-corrected chi connectivity index (χ3v) is 6.11. The van der Waals surface area contributed by atoms with E-state index in [0.29, 0.717) is 18.7 Å². The number of sulfonamides is 1. The third kappa shape index (κ3) is 7.00. The Hall–Kier alpha value is -1.84. The average molecular weight is 411 g/mol. The molecule has 2 rings (SSSR count). The van der Waals surface area contributed by atoms with Gasteiger partial charge in [0.1, 0.15) is 6.04 Å². The summed E-state index contributed by atoms with van der Waals surface area (Å²) in [6.45, 7) is 0.483. The summed E-state index contributed by atoms with van der Waals surface area (Å²) in [7, 11) is -1.88. The molecular formula is C18H26N4O3S2. The van der Waals surface area contributed by atoms with Crippen LogP contribution in [-0.2, 0) is 28.3 Å². The Morgan fingerprint density at radius 3 is 2.67 bits per heavy atom. The minimum Gasteiger partial charge on any atom is -0.355 e. The molecular weight excluding hydrogens is 384 g/mol. The van der Waals surface area contributed by atoms with Gasteiger partial charge in [0.2, 0.25) is 15.9 Å². The average Bonchev–Trinajstić information content (AvgIpc) is 3.08. The number of aryl methyl sites for hydroxylation is 2. The second kappa shape index (κ2) is 10.5. The Morgan fingerprint density at radius 1 is 1.30 bits per heavy atom. The summed E-state index contributed by atoms with van der Waals surface area (Å²) in [6, 6.07) is 7.30. The molecule has 148 valence electrons. The van der Waals surface area contributed by atoms with E-state index in [4.69, 9.17) is 0 Å². The van der Waals surface area contributed by atoms with E-state index in [2.05, 4.69) is 15.1 Å². The summed E-state index contributed by atoms with van der Waals surface area (Å²) >= 11 is 1.57. The van der Waals surface area contributed by atoms with Crippen LogP contribution in [-0.4, -0.2) is 48.7 Å². The zero-order valence-electron chi connectivity index (χ0n) is 15.6. The molecule has 9 heteroatoms. The predicted molar refractivity (Wildman–Crippen MR) is 108 cm³/mol. The summed E-state index contributed by atoms with van der Waals surface area (Å²) in [6.07, 6.45) is 7.67. The zero-order chi connectivity index (χ0) is 19.7. The summed E-state index contributed by atoms with van der Waals surface area (Å²) in [5, 5.41) is 6.95. The second-order valence-corrected chi connectivity index (χ2v) is 8.88. The molecule has 0 aliphatic carbocycles. The van der Waals surface area contributed by atoms with Crippen LogP contribution < -0.4 is 10.0 Å². The van der Waals surface area contributed by atoms with E-state index >= 15 is 0 Å². The monoisotopic (exact) mass is 410 g/mol. The van der Waals surface area contributed by atoms with Gasteiger partial charge in [-0.25, -0.2) is 8.42 Å². The van der Waals surface area contributed by atoms with E-state index < -0.39 is 16.1 Å². The molecule has 1 heterocycles. The smallest absolute Gasteiger partial charge is 0.241 e. The fourth-order valence-corrected chi connectivity index (χ4v) is 4.28. The van der Waals surface area contributed by atoms with Crippen molar-refractivity contribution in [3.8, 4) is 0 Å². The number of thioether (sulfide) groups is 1. The molecule has 0 bridgehead atoms. The van der Waals surface area contributed by atoms with Crippen LogP contribution in [0.1, 0.15) is 18.4 Å². The van der Waals surface area contributed by atoms with E-state index in [9.17, 15) is 13.2 Å². The summed E-state index contributed by atoms with van der Waals surface area (Å²) in [4.78, 5) is 12.7. The van der Waals surface area contributed by atoms with Gasteiger partial charge in [-0.05, 0) is 49.0 Å². The SMILES string of the molecule is CSCCC(NS(=O)(=O)c1ccccc1)C(=O)NCCCc1cnn(C)c1. The molecule has 1 atom stereocenters. The molecule has 1 aromatic heterocycles. The number of hydrogen-bond donors (Lipinski definition) is 2. The number of aromatic nitrogens is 2. The highest BCUT2D eigenvalue weighted by Gasteiger charge is 2.25. The van der Waals surface area contributed by atoms with Crippen LogP contribution in [0.15, 0.2) is 47.6 Å². The maximum Gasteiger partial charge on any atom is 0.241 e. The summed E-state index contributed by atoms with van der Waals surface area (Å²) in [5.41, 5.74) is 1.11. The molecule has 2 aromatic rings. The number of benzene rings is 1. The quantitative estimate of drug-likeness (QED) is 0.549. The largest absolute Gasteiger partial charge is 0.355 e. The predicted octanol–water partition coefficient (Wildman–Crippen LogP) is 1.57. The molecule has 1 aromatic carbocycles. The Kier molecular flexibility index (Phi) is 8.33. The van der Waals surface area contributed by atoms with Crippen LogP contribution >= 0.6 is 11.8 Å². The lowest BCUT2D eigenvalue weighted by Crippen LogP contribution is -2.47. The van der Waals surface area contributed by atoms with Gasteiger partial charge in [-0.2, -0.15) is 21.6 Å². The molecule has 7 nitrogen and oxygen atoms in total. The molecule has 0 spiro atoms. The first-order chi connectivity index (χ1) is 12.9. The van der Waals surface area contributed by atoms with Gasteiger partial charge in [-0.15, -0.1) is 0 Å². The van der Waals surface area contributed by atoms with Gasteiger partial charge in [-0.3, -0.25) is 9.48 Å². The van der Waals surface area contributed by atoms with Gasteiger partial charge in [0.25, 0.3) is 0 Å². The van der Waals surface area contributed by atoms with E-state index in [1.54, 1.807) is 40.8 Å². The molecule has 0 fully saturated rings. The van der Waals surface area contributed by atoms with Crippen LogP contribution in [0, 0.1) is 0 Å². The highest BCUT2D eigenvalue weighted by atomic mass is 32.2. The molecule has 0 aliphatic heterocycles. The van der Waals surface area contributed by atoms with E-state index in [-0.39, 0.29) is 10.8 Å². The molecule has 1 amide bonds. The van der Waals surface area contributed by atoms with Gasteiger partial charge >= 0.3 is 0 Å². The van der Waals surface area contributed by atoms with Crippen molar-refractivity contribution in [3.05, 3.63) is 48.3 Å². The lowest BCUT2D eigenvalue weighted by atomic mass is 10.2. The summed E-state index contributed by atoms with van der Waals surface area (Å²) < 4.78 is 29.3. The van der Waals surface area contributed by atoms with Crippen LogP contribution in [0.25, 0.3) is 0 Å². The van der Waals surface area contributed by atoms with Crippen molar-refractivity contribution in [1.82, 2.24) is 19.8 Å². The first kappa shape index (κ1) is 21.5. The maximum atomic E-state index is 12.5. The van der Waals surface area contributed by atoms with Crippen LogP contribution in [0.5, 0.6) is 0 Å². The highest BCUT2D eigenvalue weighted by Crippen LogP contribution is 2.10. The number of carbonyl (C=O) groups is 1. The molecule has 0 saturated carbocycles. The standard InChI is InChI=1S/C18H26N4O3S2/c1-22-14-15(13-20-22)7-6-11-19-18(23)17(10-12-26-2)21-27(24,25)16-8-4-3-5-9-16/h3-5,8-9,13-14,17,21H,6-7,10-12H2,1-2H3,(H,19,23). The molecule has 0 radical (unpaired) electrons. The molecule has 0 saturated heterocycles. The number of amides is 1. The molecule has 2 N–H and O–H groups in total. The fraction of sp³-hybridized carbons (Fsp3) is 0.444. The van der Waals surface area contributed by atoms with Crippen LogP contribution in [0.2, 0.25) is 0 Å². The molecule has 1 unspecified atom stereocenters. The Bertz CT molecular complexity index is 822. The van der Waals surface area contributed by atoms with E-state index in [1.807, 2.05) is 19.5 Å². The minimum absolute atomic E-state index is 0.156. The lowest BCUT2D eigenvalue weighted by molar-refractivity contribution is -0.122. The lowest BCUT2D eigenvalue weighted by Gasteiger charge is -2.18. The van der Waals surface area contributed by atoms with Crippen molar-refractivity contribution in [2.75, 3.05) is 18.6 Å². The van der Waals surface area contributed by atoms with Gasteiger partial charge in [0.05, 0.1) is 11.1 Å². The maximum absolute atomic E-state index is 12.5. The molecule has 0 aliphatic rings. The van der Waals surface area contributed by atoms with Crippen molar-refractivity contribution >= 4 is 27.7 Å². The van der Waals surface area contributed by atoms with Crippen molar-refractivity contribution in [2.45, 2.75) is 30.2 Å². The van der Waals surface area contributed by atoms with Gasteiger partial charge < -0.3 is 5.32 Å². The Balaban J connectivity index is 1.90. The van der Waals surface area contributed by atoms with Gasteiger partial charge in [-0.1, -0.05) is 18.2 Å². The number of nitrogens with zero attached hydrogens (tertiary/aromatic N) is 2. The Morgan fingerprint density at radius 2 is 2.04 bits per heavy atom. The highest BCUT2D eigenvalue weighted by molar-refractivity contribution is 7.98. The van der Waals surface area contributed by atoms with E-state index in [1.165, 1.54) is 12.1 Å². The second-order valence-electron chi connectivity index (χ2n) is 6.19. The zero-order valence-corrected chi connectivity index (χ0v) is 17.2. The topological polar surface area (TPSA) is 93.1 Å². The summed E-state index contributed by atoms with van der Waals surface area (Å²) in [5.74, 6) is 0.389. The first-order valence-corrected chi connectivity index (χ1v) is 11.6. The van der Waals surface area contributed by atoms with Crippen molar-refractivity contribution in [1.29, 1.82) is 0 Å². The van der Waals surface area contributed by atoms with Crippen LogP contribution in [0.4, 0.5) is 0 Å². The van der Waals surface area contributed by atoms with Crippen molar-refractivity contribution in [3.63, 3.8) is 0 Å². The van der Waals surface area contributed by atoms with Crippen molar-refractivity contribution < 1.29 is 13.2 Å². The number of nitrogens with one attached hydrogen (secondary N) is 2. The van der Waals surface area contributed by atoms with Gasteiger partial charge in [0.15, 0.2) is 0 Å². The minimum atomic E-state index is -3.74. The van der Waals surface area contributed by atoms with E-state index in [0.717, 1.165) is 18.4 Å². The van der Waals surface area contributed by atoms with Crippen molar-refractivity contribution in [2.24, 2.45) is 7.05 Å². The Labute approximate surface area is 165 Å². The normalized spacial score (nSPS) is 12.7. The number of hydrogen-bond acceptors (Lipinski definition) is 5.